The van der Waals surface area contributed by atoms with E-state index in [2.05, 4.69) is 4.98 Å². The van der Waals surface area contributed by atoms with Crippen molar-refractivity contribution in [3.8, 4) is 0 Å². The summed E-state index contributed by atoms with van der Waals surface area (Å²) in [6, 6.07) is 0. The average Bonchev–Trinajstić information content (AvgIpc) is 2.39. The molecule has 1 heterocycles. The van der Waals surface area contributed by atoms with Gasteiger partial charge in [0.25, 0.3) is 0 Å². The van der Waals surface area contributed by atoms with Crippen molar-refractivity contribution in [2.45, 2.75) is 5.25 Å². The Labute approximate surface area is 79.2 Å². The minimum Gasteiger partial charge on any atom is -0.375 e. The van der Waals surface area contributed by atoms with Crippen LogP contribution in [0.2, 0.25) is 0 Å². The Bertz CT molecular complexity index is 246. The molecule has 0 fully saturated rings. The number of hydrogen-bond acceptors (Lipinski definition) is 5. The molecule has 0 saturated carbocycles. The lowest BCUT2D eigenvalue weighted by Gasteiger charge is -2.01. The number of nitrogens with two attached hydrogens (primary N) is 1. The van der Waals surface area contributed by atoms with Crippen molar-refractivity contribution in [2.75, 3.05) is 12.0 Å². The summed E-state index contributed by atoms with van der Waals surface area (Å²) in [4.78, 5) is 4.13. The number of hydrogen-bond donors (Lipinski definition) is 1. The molecule has 1 rings (SSSR count). The van der Waals surface area contributed by atoms with E-state index >= 15 is 0 Å². The van der Waals surface area contributed by atoms with Crippen molar-refractivity contribution in [3.05, 3.63) is 11.1 Å². The standard InChI is InChI=1S/C6H8N2S3/c1-10-5(2-9)4-3-11-6(7)8-4/h2-3,5H,1H3,(H2,7,8). The predicted octanol–water partition coefficient (Wildman–Crippen LogP) is 2.13. The molecule has 0 aliphatic carbocycles. The van der Waals surface area contributed by atoms with Crippen molar-refractivity contribution in [1.82, 2.24) is 4.98 Å². The van der Waals surface area contributed by atoms with Gasteiger partial charge in [0, 0.05) is 5.38 Å². The molecule has 0 aromatic carbocycles. The maximum Gasteiger partial charge on any atom is 0.180 e. The van der Waals surface area contributed by atoms with Gasteiger partial charge in [0.2, 0.25) is 0 Å². The van der Waals surface area contributed by atoms with Crippen molar-refractivity contribution >= 4 is 45.8 Å². The molecule has 0 spiro atoms. The number of rotatable bonds is 3. The lowest BCUT2D eigenvalue weighted by atomic mass is 10.4. The Kier molecular flexibility index (Phi) is 3.29. The minimum atomic E-state index is 0.207. The fourth-order valence-electron chi connectivity index (χ4n) is 0.677. The first-order chi connectivity index (χ1) is 5.27. The van der Waals surface area contributed by atoms with E-state index in [4.69, 9.17) is 18.0 Å². The van der Waals surface area contributed by atoms with Crippen LogP contribution in [0.1, 0.15) is 10.9 Å². The van der Waals surface area contributed by atoms with E-state index in [0.29, 0.717) is 5.13 Å². The molecule has 1 unspecified atom stereocenters. The Morgan fingerprint density at radius 2 is 2.64 bits per heavy atom. The number of anilines is 1. The van der Waals surface area contributed by atoms with E-state index in [1.807, 2.05) is 11.6 Å². The summed E-state index contributed by atoms with van der Waals surface area (Å²) in [5.74, 6) is 0. The lowest BCUT2D eigenvalue weighted by Crippen LogP contribution is -1.93. The number of thiazole rings is 1. The summed E-state index contributed by atoms with van der Waals surface area (Å²) in [5, 5.41) is 4.47. The zero-order valence-corrected chi connectivity index (χ0v) is 8.43. The highest BCUT2D eigenvalue weighted by Gasteiger charge is 2.09. The molecule has 60 valence electrons. The van der Waals surface area contributed by atoms with Gasteiger partial charge in [-0.3, -0.25) is 0 Å². The molecule has 0 radical (unpaired) electrons. The SMILES string of the molecule is CSC(C=S)c1csc(N)n1. The van der Waals surface area contributed by atoms with Crippen LogP contribution in [0.3, 0.4) is 0 Å². The number of thioether (sulfide) groups is 1. The van der Waals surface area contributed by atoms with E-state index in [1.165, 1.54) is 11.3 Å². The van der Waals surface area contributed by atoms with Crippen LogP contribution in [0, 0.1) is 0 Å². The molecular weight excluding hydrogens is 196 g/mol. The molecule has 2 nitrogen and oxygen atoms in total. The fourth-order valence-corrected chi connectivity index (χ4v) is 2.31. The Morgan fingerprint density at radius 1 is 1.91 bits per heavy atom. The van der Waals surface area contributed by atoms with E-state index in [1.54, 1.807) is 17.1 Å². The topological polar surface area (TPSA) is 38.9 Å². The number of thiocarbonyl (C=S) groups is 1. The third-order valence-corrected chi connectivity index (χ3v) is 3.23. The second-order valence-electron chi connectivity index (χ2n) is 1.90. The number of nitrogen functional groups attached to an aromatic ring is 1. The molecule has 0 amide bonds. The molecule has 1 aromatic rings. The van der Waals surface area contributed by atoms with Crippen LogP contribution in [-0.4, -0.2) is 16.6 Å². The van der Waals surface area contributed by atoms with Gasteiger partial charge in [0.05, 0.1) is 10.9 Å². The average molecular weight is 204 g/mol. The second kappa shape index (κ2) is 4.04. The Balaban J connectivity index is 2.81. The van der Waals surface area contributed by atoms with Crippen LogP contribution in [-0.2, 0) is 0 Å². The Hall–Kier alpha value is -0.130. The fraction of sp³-hybridized carbons (Fsp3) is 0.333. The number of nitrogens with zero attached hydrogens (tertiary/aromatic N) is 1. The molecule has 0 aliphatic rings. The van der Waals surface area contributed by atoms with Gasteiger partial charge in [0.15, 0.2) is 5.13 Å². The molecule has 0 saturated heterocycles. The first kappa shape index (κ1) is 8.96. The smallest absolute Gasteiger partial charge is 0.180 e. The van der Waals surface area contributed by atoms with Gasteiger partial charge in [-0.05, 0) is 11.6 Å². The van der Waals surface area contributed by atoms with Gasteiger partial charge >= 0.3 is 0 Å². The van der Waals surface area contributed by atoms with Gasteiger partial charge in [-0.2, -0.15) is 11.8 Å². The van der Waals surface area contributed by atoms with E-state index in [0.717, 1.165) is 5.69 Å². The van der Waals surface area contributed by atoms with Gasteiger partial charge in [-0.25, -0.2) is 4.98 Å². The molecule has 0 aliphatic heterocycles. The van der Waals surface area contributed by atoms with Gasteiger partial charge in [-0.15, -0.1) is 11.3 Å². The Morgan fingerprint density at radius 3 is 3.00 bits per heavy atom. The van der Waals surface area contributed by atoms with E-state index < -0.39 is 0 Å². The summed E-state index contributed by atoms with van der Waals surface area (Å²) >= 11 is 7.96. The van der Waals surface area contributed by atoms with Crippen LogP contribution in [0.15, 0.2) is 5.38 Å². The third kappa shape index (κ3) is 2.15. The molecule has 0 bridgehead atoms. The maximum absolute atomic E-state index is 5.48. The predicted molar refractivity (Wildman–Crippen MR) is 56.4 cm³/mol. The highest BCUT2D eigenvalue weighted by molar-refractivity contribution is 8.00. The summed E-state index contributed by atoms with van der Waals surface area (Å²) in [6.45, 7) is 0. The van der Waals surface area contributed by atoms with Gasteiger partial charge in [0.1, 0.15) is 0 Å². The molecule has 11 heavy (non-hydrogen) atoms. The van der Waals surface area contributed by atoms with Crippen molar-refractivity contribution in [3.63, 3.8) is 0 Å². The molecule has 1 aromatic heterocycles. The van der Waals surface area contributed by atoms with Crippen molar-refractivity contribution in [2.24, 2.45) is 0 Å². The normalized spacial score (nSPS) is 12.8. The van der Waals surface area contributed by atoms with E-state index in [-0.39, 0.29) is 5.25 Å². The highest BCUT2D eigenvalue weighted by Crippen LogP contribution is 2.26. The van der Waals surface area contributed by atoms with Crippen molar-refractivity contribution in [1.29, 1.82) is 0 Å². The largest absolute Gasteiger partial charge is 0.375 e. The number of aromatic nitrogens is 1. The van der Waals surface area contributed by atoms with Crippen LogP contribution in [0.5, 0.6) is 0 Å². The van der Waals surface area contributed by atoms with Crippen molar-refractivity contribution < 1.29 is 0 Å². The summed E-state index contributed by atoms with van der Waals surface area (Å²) < 4.78 is 0. The lowest BCUT2D eigenvalue weighted by molar-refractivity contribution is 1.20. The summed E-state index contributed by atoms with van der Waals surface area (Å²) in [5.41, 5.74) is 6.44. The van der Waals surface area contributed by atoms with Gasteiger partial charge in [-0.1, -0.05) is 12.2 Å². The van der Waals surface area contributed by atoms with Crippen LogP contribution < -0.4 is 5.73 Å². The quantitative estimate of drug-likeness (QED) is 0.766. The minimum absolute atomic E-state index is 0.207. The highest BCUT2D eigenvalue weighted by atomic mass is 32.2. The van der Waals surface area contributed by atoms with Crippen LogP contribution in [0.25, 0.3) is 0 Å². The zero-order chi connectivity index (χ0) is 8.27. The summed E-state index contributed by atoms with van der Waals surface area (Å²) in [6.07, 6.45) is 2.00. The van der Waals surface area contributed by atoms with Crippen LogP contribution in [0.4, 0.5) is 5.13 Å². The maximum atomic E-state index is 5.48. The van der Waals surface area contributed by atoms with E-state index in [9.17, 15) is 0 Å². The monoisotopic (exact) mass is 204 g/mol. The molecular formula is C6H8N2S3. The van der Waals surface area contributed by atoms with Gasteiger partial charge < -0.3 is 5.73 Å². The molecule has 5 heteroatoms. The first-order valence-corrected chi connectivity index (χ1v) is 5.61. The van der Waals surface area contributed by atoms with Crippen LogP contribution >= 0.6 is 35.3 Å². The first-order valence-electron chi connectivity index (χ1n) is 2.97. The molecule has 1 atom stereocenters. The summed E-state index contributed by atoms with van der Waals surface area (Å²) in [7, 11) is 0. The second-order valence-corrected chi connectivity index (χ2v) is 4.04. The zero-order valence-electron chi connectivity index (χ0n) is 5.98. The third-order valence-electron chi connectivity index (χ3n) is 1.21. The molecule has 2 N–H and O–H groups in total.